The van der Waals surface area contributed by atoms with E-state index in [0.29, 0.717) is 12.3 Å². The van der Waals surface area contributed by atoms with E-state index < -0.39 is 0 Å². The third-order valence-corrected chi connectivity index (χ3v) is 3.32. The van der Waals surface area contributed by atoms with Crippen LogP contribution in [0.2, 0.25) is 0 Å². The Hall–Kier alpha value is -2.03. The van der Waals surface area contributed by atoms with E-state index in [1.54, 1.807) is 19.2 Å². The molecule has 0 fully saturated rings. The van der Waals surface area contributed by atoms with Gasteiger partial charge in [-0.15, -0.1) is 0 Å². The molecule has 3 nitrogen and oxygen atoms in total. The van der Waals surface area contributed by atoms with Gasteiger partial charge in [0.15, 0.2) is 5.90 Å². The minimum Gasteiger partial charge on any atom is -0.507 e. The molecule has 1 aliphatic rings. The molecule has 1 aliphatic heterocycles. The highest BCUT2D eigenvalue weighted by molar-refractivity contribution is 5.87. The Bertz CT molecular complexity index is 589. The van der Waals surface area contributed by atoms with Crippen LogP contribution in [0, 0.1) is 5.41 Å². The van der Waals surface area contributed by atoms with E-state index in [-0.39, 0.29) is 11.2 Å². The number of hydrogen-bond acceptors (Lipinski definition) is 3. The number of rotatable bonds is 1. The fourth-order valence-corrected chi connectivity index (χ4v) is 2.10. The van der Waals surface area contributed by atoms with Crippen molar-refractivity contribution in [2.75, 3.05) is 7.11 Å². The van der Waals surface area contributed by atoms with Crippen molar-refractivity contribution in [1.29, 1.82) is 0 Å². The Morgan fingerprint density at radius 3 is 2.50 bits per heavy atom. The summed E-state index contributed by atoms with van der Waals surface area (Å²) in [6, 6.07) is 7.23. The van der Waals surface area contributed by atoms with Crippen LogP contribution in [0.5, 0.6) is 5.75 Å². The molecular formula is C17H21NO2. The van der Waals surface area contributed by atoms with Gasteiger partial charge in [-0.3, -0.25) is 0 Å². The highest BCUT2D eigenvalue weighted by Crippen LogP contribution is 2.34. The lowest BCUT2D eigenvalue weighted by Crippen LogP contribution is -2.08. The number of para-hydroxylation sites is 1. The molecular weight excluding hydrogens is 250 g/mol. The van der Waals surface area contributed by atoms with Crippen molar-refractivity contribution in [1.82, 2.24) is 0 Å². The molecule has 1 aromatic carbocycles. The molecule has 0 radical (unpaired) electrons. The van der Waals surface area contributed by atoms with Crippen LogP contribution in [0.25, 0.3) is 5.70 Å². The van der Waals surface area contributed by atoms with Gasteiger partial charge >= 0.3 is 0 Å². The highest BCUT2D eigenvalue weighted by Gasteiger charge is 2.19. The van der Waals surface area contributed by atoms with Crippen molar-refractivity contribution >= 4 is 11.6 Å². The van der Waals surface area contributed by atoms with Gasteiger partial charge in [0, 0.05) is 12.0 Å². The maximum Gasteiger partial charge on any atom is 0.192 e. The van der Waals surface area contributed by atoms with Crippen LogP contribution < -0.4 is 0 Å². The van der Waals surface area contributed by atoms with Crippen molar-refractivity contribution in [3.05, 3.63) is 47.6 Å². The maximum atomic E-state index is 10.0. The standard InChI is InChI=1S/C17H21NO2/c1-17(2,3)12-9-10-16(20-4)18-14(11-12)13-7-5-6-8-15(13)19/h5-9,11,19H,10H2,1-4H3. The minimum atomic E-state index is 0.0222. The zero-order chi connectivity index (χ0) is 14.8. The van der Waals surface area contributed by atoms with Crippen molar-refractivity contribution < 1.29 is 9.84 Å². The quantitative estimate of drug-likeness (QED) is 0.833. The molecule has 106 valence electrons. The fourth-order valence-electron chi connectivity index (χ4n) is 2.10. The van der Waals surface area contributed by atoms with E-state index in [1.807, 2.05) is 18.2 Å². The molecule has 0 saturated carbocycles. The zero-order valence-electron chi connectivity index (χ0n) is 12.5. The number of aliphatic imine (C=N–C) groups is 1. The largest absolute Gasteiger partial charge is 0.507 e. The number of allylic oxidation sites excluding steroid dienone is 2. The number of aromatic hydroxyl groups is 1. The van der Waals surface area contributed by atoms with Crippen LogP contribution in [0.15, 0.2) is 47.0 Å². The molecule has 0 aromatic heterocycles. The lowest BCUT2D eigenvalue weighted by molar-refractivity contribution is 0.395. The third kappa shape index (κ3) is 3.10. The van der Waals surface area contributed by atoms with E-state index >= 15 is 0 Å². The van der Waals surface area contributed by atoms with Crippen LogP contribution in [-0.4, -0.2) is 18.1 Å². The zero-order valence-corrected chi connectivity index (χ0v) is 12.5. The first-order valence-electron chi connectivity index (χ1n) is 6.74. The van der Waals surface area contributed by atoms with E-state index in [4.69, 9.17) is 4.74 Å². The molecule has 20 heavy (non-hydrogen) atoms. The summed E-state index contributed by atoms with van der Waals surface area (Å²) in [5.41, 5.74) is 2.67. The molecule has 1 heterocycles. The van der Waals surface area contributed by atoms with E-state index in [9.17, 15) is 5.11 Å². The molecule has 0 spiro atoms. The number of benzene rings is 1. The van der Waals surface area contributed by atoms with Crippen LogP contribution in [-0.2, 0) is 4.74 Å². The molecule has 0 saturated heterocycles. The normalized spacial score (nSPS) is 15.9. The number of methoxy groups -OCH3 is 1. The van der Waals surface area contributed by atoms with Crippen LogP contribution in [0.4, 0.5) is 0 Å². The Morgan fingerprint density at radius 2 is 1.90 bits per heavy atom. The average Bonchev–Trinajstić information content (AvgIpc) is 2.61. The fraction of sp³-hybridized carbons (Fsp3) is 0.353. The number of phenolic OH excluding ortho intramolecular Hbond substituents is 1. The first-order valence-corrected chi connectivity index (χ1v) is 6.74. The van der Waals surface area contributed by atoms with Crippen molar-refractivity contribution in [3.63, 3.8) is 0 Å². The predicted octanol–water partition coefficient (Wildman–Crippen LogP) is 4.15. The molecule has 0 unspecified atom stereocenters. The van der Waals surface area contributed by atoms with Gasteiger partial charge in [0.05, 0.1) is 12.8 Å². The second kappa shape index (κ2) is 5.53. The highest BCUT2D eigenvalue weighted by atomic mass is 16.5. The Kier molecular flexibility index (Phi) is 3.98. The minimum absolute atomic E-state index is 0.0222. The van der Waals surface area contributed by atoms with Gasteiger partial charge in [-0.05, 0) is 29.2 Å². The maximum absolute atomic E-state index is 10.0. The van der Waals surface area contributed by atoms with Gasteiger partial charge in [-0.25, -0.2) is 4.99 Å². The molecule has 3 heteroatoms. The first-order chi connectivity index (χ1) is 9.41. The van der Waals surface area contributed by atoms with Gasteiger partial charge in [0.2, 0.25) is 0 Å². The third-order valence-electron chi connectivity index (χ3n) is 3.32. The monoisotopic (exact) mass is 271 g/mol. The second-order valence-electron chi connectivity index (χ2n) is 5.87. The lowest BCUT2D eigenvalue weighted by atomic mass is 9.85. The Labute approximate surface area is 120 Å². The van der Waals surface area contributed by atoms with E-state index in [0.717, 1.165) is 11.3 Å². The number of hydrogen-bond donors (Lipinski definition) is 1. The van der Waals surface area contributed by atoms with E-state index in [1.165, 1.54) is 5.57 Å². The molecule has 0 bridgehead atoms. The number of nitrogens with zero attached hydrogens (tertiary/aromatic N) is 1. The topological polar surface area (TPSA) is 41.8 Å². The van der Waals surface area contributed by atoms with Crippen molar-refractivity contribution in [3.8, 4) is 5.75 Å². The van der Waals surface area contributed by atoms with Gasteiger partial charge < -0.3 is 9.84 Å². The van der Waals surface area contributed by atoms with E-state index in [2.05, 4.69) is 31.8 Å². The van der Waals surface area contributed by atoms with Crippen LogP contribution >= 0.6 is 0 Å². The summed E-state index contributed by atoms with van der Waals surface area (Å²) in [7, 11) is 1.62. The summed E-state index contributed by atoms with van der Waals surface area (Å²) in [6.45, 7) is 6.49. The van der Waals surface area contributed by atoms with Crippen LogP contribution in [0.3, 0.4) is 0 Å². The number of phenols is 1. The molecule has 1 N–H and O–H groups in total. The summed E-state index contributed by atoms with van der Waals surface area (Å²) in [6.07, 6.45) is 4.83. The SMILES string of the molecule is COC1=NC(c2ccccc2O)=CC(C(C)(C)C)=CC1. The van der Waals surface area contributed by atoms with Gasteiger partial charge in [-0.2, -0.15) is 0 Å². The summed E-state index contributed by atoms with van der Waals surface area (Å²) >= 11 is 0. The van der Waals surface area contributed by atoms with Gasteiger partial charge in [0.25, 0.3) is 0 Å². The van der Waals surface area contributed by atoms with Gasteiger partial charge in [-0.1, -0.05) is 39.0 Å². The lowest BCUT2D eigenvalue weighted by Gasteiger charge is -2.20. The predicted molar refractivity (Wildman–Crippen MR) is 82.7 cm³/mol. The first kappa shape index (κ1) is 14.4. The number of ether oxygens (including phenoxy) is 1. The molecule has 2 rings (SSSR count). The van der Waals surface area contributed by atoms with Crippen molar-refractivity contribution in [2.24, 2.45) is 10.4 Å². The molecule has 0 atom stereocenters. The van der Waals surface area contributed by atoms with Gasteiger partial charge in [0.1, 0.15) is 5.75 Å². The Balaban J connectivity index is 2.54. The van der Waals surface area contributed by atoms with Crippen LogP contribution in [0.1, 0.15) is 32.8 Å². The molecule has 0 amide bonds. The molecule has 1 aromatic rings. The summed E-state index contributed by atoms with van der Waals surface area (Å²) in [5.74, 6) is 0.881. The summed E-state index contributed by atoms with van der Waals surface area (Å²) < 4.78 is 5.31. The van der Waals surface area contributed by atoms with Crippen molar-refractivity contribution in [2.45, 2.75) is 27.2 Å². The Morgan fingerprint density at radius 1 is 1.20 bits per heavy atom. The summed E-state index contributed by atoms with van der Waals surface area (Å²) in [4.78, 5) is 4.53. The average molecular weight is 271 g/mol. The molecule has 0 aliphatic carbocycles. The second-order valence-corrected chi connectivity index (χ2v) is 5.87. The smallest absolute Gasteiger partial charge is 0.192 e. The summed E-state index contributed by atoms with van der Waals surface area (Å²) in [5, 5.41) is 10.0.